The number of nitrogens with one attached hydrogen (secondary N) is 1. The zero-order valence-electron chi connectivity index (χ0n) is 14.5. The first-order valence-corrected chi connectivity index (χ1v) is 9.85. The summed E-state index contributed by atoms with van der Waals surface area (Å²) in [5.74, 6) is 0.888. The zero-order chi connectivity index (χ0) is 17.9. The smallest absolute Gasteiger partial charge is 0.357 e. The molecule has 8 heteroatoms. The second-order valence-electron chi connectivity index (χ2n) is 6.99. The van der Waals surface area contributed by atoms with Gasteiger partial charge < -0.3 is 10.2 Å². The van der Waals surface area contributed by atoms with Crippen LogP contribution in [-0.2, 0) is 12.6 Å². The fourth-order valence-corrected chi connectivity index (χ4v) is 4.68. The Labute approximate surface area is 150 Å². The maximum Gasteiger partial charge on any atom is 0.434 e. The molecule has 1 spiro atoms. The third kappa shape index (κ3) is 4.46. The van der Waals surface area contributed by atoms with Gasteiger partial charge in [0.2, 0.25) is 0 Å². The monoisotopic (exact) mass is 374 g/mol. The number of hydrogen-bond acceptors (Lipinski definition) is 3. The van der Waals surface area contributed by atoms with Crippen molar-refractivity contribution in [3.8, 4) is 0 Å². The molecule has 140 valence electrons. The van der Waals surface area contributed by atoms with E-state index in [0.717, 1.165) is 42.3 Å². The molecule has 0 bridgehead atoms. The highest BCUT2D eigenvalue weighted by Crippen LogP contribution is 2.45. The highest BCUT2D eigenvalue weighted by atomic mass is 32.1. The van der Waals surface area contributed by atoms with Crippen molar-refractivity contribution in [3.05, 3.63) is 16.1 Å². The number of aliphatic imine (C=N–C) groups is 1. The van der Waals surface area contributed by atoms with Crippen molar-refractivity contribution in [1.29, 1.82) is 0 Å². The second-order valence-corrected chi connectivity index (χ2v) is 7.93. The summed E-state index contributed by atoms with van der Waals surface area (Å²) in [6, 6.07) is 0. The summed E-state index contributed by atoms with van der Waals surface area (Å²) in [6.45, 7) is 5.34. The van der Waals surface area contributed by atoms with Crippen molar-refractivity contribution < 1.29 is 13.2 Å². The Morgan fingerprint density at radius 3 is 2.76 bits per heavy atom. The fourth-order valence-electron chi connectivity index (χ4n) is 3.89. The van der Waals surface area contributed by atoms with Gasteiger partial charge in [0.05, 0.1) is 5.01 Å². The number of nitrogens with zero attached hydrogens (tertiary/aromatic N) is 3. The SMILES string of the molecule is CCNC(=NCCc1nc(C(F)(F)F)cs1)N1CCC2(CCCC2)C1. The van der Waals surface area contributed by atoms with Crippen LogP contribution in [0.5, 0.6) is 0 Å². The summed E-state index contributed by atoms with van der Waals surface area (Å²) in [5.41, 5.74) is -0.335. The molecular weight excluding hydrogens is 349 g/mol. The van der Waals surface area contributed by atoms with Gasteiger partial charge in [-0.15, -0.1) is 11.3 Å². The summed E-state index contributed by atoms with van der Waals surface area (Å²) in [6.07, 6.45) is 2.57. The third-order valence-corrected chi connectivity index (χ3v) is 6.07. The highest BCUT2D eigenvalue weighted by molar-refractivity contribution is 7.09. The minimum Gasteiger partial charge on any atom is -0.357 e. The minimum atomic E-state index is -4.36. The number of rotatable bonds is 4. The molecule has 0 atom stereocenters. The van der Waals surface area contributed by atoms with E-state index in [1.54, 1.807) is 0 Å². The molecule has 1 saturated heterocycles. The Morgan fingerprint density at radius 2 is 2.12 bits per heavy atom. The lowest BCUT2D eigenvalue weighted by Gasteiger charge is -2.25. The number of alkyl halides is 3. The first-order valence-electron chi connectivity index (χ1n) is 8.97. The number of aromatic nitrogens is 1. The molecule has 0 unspecified atom stereocenters. The van der Waals surface area contributed by atoms with E-state index in [-0.39, 0.29) is 0 Å². The Bertz CT molecular complexity index is 605. The van der Waals surface area contributed by atoms with E-state index in [0.29, 0.717) is 23.4 Å². The maximum absolute atomic E-state index is 12.6. The van der Waals surface area contributed by atoms with Crippen LogP contribution in [0.15, 0.2) is 10.4 Å². The van der Waals surface area contributed by atoms with Crippen molar-refractivity contribution >= 4 is 17.3 Å². The van der Waals surface area contributed by atoms with Gasteiger partial charge in [0.25, 0.3) is 0 Å². The molecule has 25 heavy (non-hydrogen) atoms. The Morgan fingerprint density at radius 1 is 1.36 bits per heavy atom. The second kappa shape index (κ2) is 7.51. The molecule has 4 nitrogen and oxygen atoms in total. The van der Waals surface area contributed by atoms with E-state index in [1.807, 2.05) is 6.92 Å². The predicted molar refractivity (Wildman–Crippen MR) is 93.9 cm³/mol. The minimum absolute atomic E-state index is 0.439. The maximum atomic E-state index is 12.6. The van der Waals surface area contributed by atoms with Crippen molar-refractivity contribution in [2.75, 3.05) is 26.2 Å². The molecule has 1 aliphatic carbocycles. The van der Waals surface area contributed by atoms with Gasteiger partial charge in [-0.3, -0.25) is 4.99 Å². The molecular formula is C17H25F3N4S. The van der Waals surface area contributed by atoms with Gasteiger partial charge in [-0.2, -0.15) is 13.2 Å². The van der Waals surface area contributed by atoms with Gasteiger partial charge in [-0.05, 0) is 31.6 Å². The molecule has 3 rings (SSSR count). The lowest BCUT2D eigenvalue weighted by Crippen LogP contribution is -2.41. The average Bonchev–Trinajstić information content (AvgIpc) is 3.29. The topological polar surface area (TPSA) is 40.5 Å². The summed E-state index contributed by atoms with van der Waals surface area (Å²) >= 11 is 1.05. The summed E-state index contributed by atoms with van der Waals surface area (Å²) in [4.78, 5) is 10.6. The van der Waals surface area contributed by atoms with Crippen LogP contribution in [-0.4, -0.2) is 42.0 Å². The molecule has 1 N–H and O–H groups in total. The molecule has 0 radical (unpaired) electrons. The van der Waals surface area contributed by atoms with Crippen LogP contribution >= 0.6 is 11.3 Å². The lowest BCUT2D eigenvalue weighted by atomic mass is 9.86. The van der Waals surface area contributed by atoms with Gasteiger partial charge in [0.1, 0.15) is 0 Å². The van der Waals surface area contributed by atoms with Gasteiger partial charge in [0, 0.05) is 38.0 Å². The highest BCUT2D eigenvalue weighted by Gasteiger charge is 2.41. The van der Waals surface area contributed by atoms with E-state index >= 15 is 0 Å². The molecule has 1 aromatic rings. The number of thiazole rings is 1. The van der Waals surface area contributed by atoms with Crippen LogP contribution < -0.4 is 5.32 Å². The van der Waals surface area contributed by atoms with Gasteiger partial charge in [0.15, 0.2) is 11.7 Å². The number of hydrogen-bond donors (Lipinski definition) is 1. The molecule has 1 saturated carbocycles. The number of likely N-dealkylation sites (tertiary alicyclic amines) is 1. The largest absolute Gasteiger partial charge is 0.434 e. The van der Waals surface area contributed by atoms with Crippen molar-refractivity contribution in [1.82, 2.24) is 15.2 Å². The van der Waals surface area contributed by atoms with Crippen molar-refractivity contribution in [2.24, 2.45) is 10.4 Å². The average molecular weight is 374 g/mol. The molecule has 2 heterocycles. The summed E-state index contributed by atoms with van der Waals surface area (Å²) in [5, 5.41) is 4.89. The molecule has 2 aliphatic rings. The van der Waals surface area contributed by atoms with Crippen LogP contribution in [0.2, 0.25) is 0 Å². The quantitative estimate of drug-likeness (QED) is 0.641. The normalized spacial score (nSPS) is 20.6. The van der Waals surface area contributed by atoms with Crippen LogP contribution in [0, 0.1) is 5.41 Å². The Hall–Kier alpha value is -1.31. The Balaban J connectivity index is 1.58. The molecule has 1 aromatic heterocycles. The van der Waals surface area contributed by atoms with E-state index in [4.69, 9.17) is 0 Å². The summed E-state index contributed by atoms with van der Waals surface area (Å²) in [7, 11) is 0. The fraction of sp³-hybridized carbons (Fsp3) is 0.765. The van der Waals surface area contributed by atoms with E-state index in [2.05, 4.69) is 20.2 Å². The first-order chi connectivity index (χ1) is 11.9. The first kappa shape index (κ1) is 18.5. The van der Waals surface area contributed by atoms with Gasteiger partial charge in [-0.25, -0.2) is 4.98 Å². The molecule has 2 fully saturated rings. The third-order valence-electron chi connectivity index (χ3n) is 5.17. The predicted octanol–water partition coefficient (Wildman–Crippen LogP) is 3.94. The van der Waals surface area contributed by atoms with E-state index in [1.165, 1.54) is 32.1 Å². The zero-order valence-corrected chi connectivity index (χ0v) is 15.3. The van der Waals surface area contributed by atoms with Crippen LogP contribution in [0.1, 0.15) is 49.7 Å². The van der Waals surface area contributed by atoms with Crippen LogP contribution in [0.25, 0.3) is 0 Å². The molecule has 0 amide bonds. The van der Waals surface area contributed by atoms with E-state index < -0.39 is 11.9 Å². The molecule has 1 aliphatic heterocycles. The lowest BCUT2D eigenvalue weighted by molar-refractivity contribution is -0.140. The summed E-state index contributed by atoms with van der Waals surface area (Å²) < 4.78 is 37.8. The van der Waals surface area contributed by atoms with Crippen LogP contribution in [0.4, 0.5) is 13.2 Å². The molecule has 0 aromatic carbocycles. The number of guanidine groups is 1. The van der Waals surface area contributed by atoms with Crippen molar-refractivity contribution in [2.45, 2.75) is 51.6 Å². The Kier molecular flexibility index (Phi) is 5.55. The van der Waals surface area contributed by atoms with Crippen LogP contribution in [0.3, 0.4) is 0 Å². The van der Waals surface area contributed by atoms with Gasteiger partial charge in [-0.1, -0.05) is 12.8 Å². The van der Waals surface area contributed by atoms with Crippen molar-refractivity contribution in [3.63, 3.8) is 0 Å². The standard InChI is InChI=1S/C17H25F3N4S/c1-2-21-15(24-10-8-16(12-24)6-3-4-7-16)22-9-5-14-23-13(11-25-14)17(18,19)20/h11H,2-10,12H2,1H3,(H,21,22). The van der Waals surface area contributed by atoms with Gasteiger partial charge >= 0.3 is 6.18 Å². The van der Waals surface area contributed by atoms with E-state index in [9.17, 15) is 13.2 Å². The number of halogens is 3.